The molecule has 0 aliphatic carbocycles. The van der Waals surface area contributed by atoms with Gasteiger partial charge in [0.1, 0.15) is 0 Å². The minimum atomic E-state index is 0.724. The Morgan fingerprint density at radius 2 is 1.94 bits per heavy atom. The fourth-order valence-electron chi connectivity index (χ4n) is 1.88. The summed E-state index contributed by atoms with van der Waals surface area (Å²) < 4.78 is 0. The molecule has 0 spiro atoms. The number of nitrogens with zero attached hydrogens (tertiary/aromatic N) is 1. The molecule has 0 unspecified atom stereocenters. The van der Waals surface area contributed by atoms with Gasteiger partial charge in [0.25, 0.3) is 0 Å². The molecule has 1 aromatic heterocycles. The second-order valence-corrected chi connectivity index (χ2v) is 4.55. The third-order valence-corrected chi connectivity index (χ3v) is 3.32. The Bertz CT molecular complexity index is 670. The second kappa shape index (κ2) is 4.35. The third kappa shape index (κ3) is 1.93. The molecule has 0 atom stereocenters. The molecule has 4 heteroatoms. The number of nitrogens with one attached hydrogen (secondary N) is 2. The summed E-state index contributed by atoms with van der Waals surface area (Å²) in [6, 6.07) is 13.7. The van der Waals surface area contributed by atoms with Crippen LogP contribution in [0, 0.1) is 6.92 Å². The second-order valence-electron chi connectivity index (χ2n) is 4.14. The molecule has 0 aliphatic heterocycles. The topological polar surface area (TPSA) is 40.7 Å². The van der Waals surface area contributed by atoms with Crippen LogP contribution < -0.4 is 5.32 Å². The van der Waals surface area contributed by atoms with Crippen LogP contribution in [0.2, 0.25) is 5.02 Å². The van der Waals surface area contributed by atoms with E-state index in [4.69, 9.17) is 11.6 Å². The highest BCUT2D eigenvalue weighted by Gasteiger charge is 2.05. The van der Waals surface area contributed by atoms with Gasteiger partial charge in [-0.3, -0.25) is 0 Å². The number of aromatic nitrogens is 2. The Balaban J connectivity index is 1.99. The minimum absolute atomic E-state index is 0.724. The maximum absolute atomic E-state index is 6.09. The number of fused-ring (bicyclic) bond motifs is 1. The van der Waals surface area contributed by atoms with E-state index in [1.807, 2.05) is 49.4 Å². The van der Waals surface area contributed by atoms with Crippen molar-refractivity contribution < 1.29 is 0 Å². The number of hydrogen-bond donors (Lipinski definition) is 2. The molecule has 18 heavy (non-hydrogen) atoms. The number of anilines is 2. The molecule has 0 fully saturated rings. The SMILES string of the molecule is Cc1c(Cl)cccc1Nc1nc2ccccc2[nH]1. The molecule has 90 valence electrons. The van der Waals surface area contributed by atoms with Gasteiger partial charge in [-0.1, -0.05) is 29.8 Å². The molecule has 0 amide bonds. The number of para-hydroxylation sites is 2. The first-order valence-electron chi connectivity index (χ1n) is 5.71. The van der Waals surface area contributed by atoms with E-state index in [1.54, 1.807) is 0 Å². The van der Waals surface area contributed by atoms with Gasteiger partial charge >= 0.3 is 0 Å². The molecule has 2 aromatic carbocycles. The molecule has 3 aromatic rings. The fraction of sp³-hybridized carbons (Fsp3) is 0.0714. The maximum atomic E-state index is 6.09. The van der Waals surface area contributed by atoms with Crippen LogP contribution in [-0.2, 0) is 0 Å². The predicted octanol–water partition coefficient (Wildman–Crippen LogP) is 4.27. The van der Waals surface area contributed by atoms with Gasteiger partial charge in [-0.25, -0.2) is 4.98 Å². The summed E-state index contributed by atoms with van der Waals surface area (Å²) in [6.45, 7) is 1.98. The third-order valence-electron chi connectivity index (χ3n) is 2.91. The van der Waals surface area contributed by atoms with Crippen molar-refractivity contribution in [1.82, 2.24) is 9.97 Å². The van der Waals surface area contributed by atoms with E-state index in [2.05, 4.69) is 15.3 Å². The van der Waals surface area contributed by atoms with Crippen LogP contribution in [0.15, 0.2) is 42.5 Å². The molecule has 0 bridgehead atoms. The molecular formula is C14H12ClN3. The lowest BCUT2D eigenvalue weighted by Crippen LogP contribution is -1.94. The molecule has 0 radical (unpaired) electrons. The molecule has 0 aliphatic rings. The predicted molar refractivity (Wildman–Crippen MR) is 75.6 cm³/mol. The smallest absolute Gasteiger partial charge is 0.205 e. The maximum Gasteiger partial charge on any atom is 0.205 e. The molecule has 0 saturated carbocycles. The van der Waals surface area contributed by atoms with E-state index < -0.39 is 0 Å². The van der Waals surface area contributed by atoms with Crippen molar-refractivity contribution in [3.05, 3.63) is 53.1 Å². The zero-order valence-electron chi connectivity index (χ0n) is 9.87. The summed E-state index contributed by atoms with van der Waals surface area (Å²) in [5.74, 6) is 0.724. The van der Waals surface area contributed by atoms with Crippen molar-refractivity contribution in [3.8, 4) is 0 Å². The lowest BCUT2D eigenvalue weighted by molar-refractivity contribution is 1.29. The monoisotopic (exact) mass is 257 g/mol. The number of rotatable bonds is 2. The molecule has 3 rings (SSSR count). The standard InChI is InChI=1S/C14H12ClN3/c1-9-10(15)5-4-8-11(9)16-14-17-12-6-2-3-7-13(12)18-14/h2-8H,1H3,(H2,16,17,18). The summed E-state index contributed by atoms with van der Waals surface area (Å²) >= 11 is 6.09. The molecule has 3 nitrogen and oxygen atoms in total. The van der Waals surface area contributed by atoms with Crippen molar-refractivity contribution in [1.29, 1.82) is 0 Å². The first-order chi connectivity index (χ1) is 8.74. The normalized spacial score (nSPS) is 10.8. The first kappa shape index (κ1) is 11.1. The highest BCUT2D eigenvalue weighted by molar-refractivity contribution is 6.31. The fourth-order valence-corrected chi connectivity index (χ4v) is 2.06. The lowest BCUT2D eigenvalue weighted by Gasteiger charge is -2.07. The molecule has 1 heterocycles. The van der Waals surface area contributed by atoms with Gasteiger partial charge in [-0.2, -0.15) is 0 Å². The largest absolute Gasteiger partial charge is 0.325 e. The number of benzene rings is 2. The number of imidazole rings is 1. The Morgan fingerprint density at radius 1 is 1.11 bits per heavy atom. The van der Waals surface area contributed by atoms with Gasteiger partial charge in [0.05, 0.1) is 11.0 Å². The summed E-state index contributed by atoms with van der Waals surface area (Å²) in [6.07, 6.45) is 0. The van der Waals surface area contributed by atoms with E-state index >= 15 is 0 Å². The van der Waals surface area contributed by atoms with Crippen molar-refractivity contribution in [3.63, 3.8) is 0 Å². The molecular weight excluding hydrogens is 246 g/mol. The van der Waals surface area contributed by atoms with E-state index in [0.717, 1.165) is 33.3 Å². The Hall–Kier alpha value is -2.00. The number of H-pyrrole nitrogens is 1. The van der Waals surface area contributed by atoms with Crippen LogP contribution in [0.5, 0.6) is 0 Å². The van der Waals surface area contributed by atoms with Crippen LogP contribution in [0.4, 0.5) is 11.6 Å². The van der Waals surface area contributed by atoms with E-state index in [9.17, 15) is 0 Å². The van der Waals surface area contributed by atoms with Gasteiger partial charge in [-0.05, 0) is 36.8 Å². The molecule has 0 saturated heterocycles. The summed E-state index contributed by atoms with van der Waals surface area (Å²) in [7, 11) is 0. The highest BCUT2D eigenvalue weighted by atomic mass is 35.5. The van der Waals surface area contributed by atoms with Crippen molar-refractivity contribution in [2.24, 2.45) is 0 Å². The van der Waals surface area contributed by atoms with Crippen LogP contribution >= 0.6 is 11.6 Å². The Morgan fingerprint density at radius 3 is 2.78 bits per heavy atom. The minimum Gasteiger partial charge on any atom is -0.325 e. The van der Waals surface area contributed by atoms with Crippen molar-refractivity contribution in [2.75, 3.05) is 5.32 Å². The first-order valence-corrected chi connectivity index (χ1v) is 6.09. The zero-order valence-corrected chi connectivity index (χ0v) is 10.6. The number of hydrogen-bond acceptors (Lipinski definition) is 2. The van der Waals surface area contributed by atoms with Gasteiger partial charge < -0.3 is 10.3 Å². The van der Waals surface area contributed by atoms with Crippen LogP contribution in [-0.4, -0.2) is 9.97 Å². The average molecular weight is 258 g/mol. The van der Waals surface area contributed by atoms with Gasteiger partial charge in [-0.15, -0.1) is 0 Å². The van der Waals surface area contributed by atoms with E-state index in [0.29, 0.717) is 0 Å². The highest BCUT2D eigenvalue weighted by Crippen LogP contribution is 2.25. The van der Waals surface area contributed by atoms with Gasteiger partial charge in [0.15, 0.2) is 0 Å². The quantitative estimate of drug-likeness (QED) is 0.720. The van der Waals surface area contributed by atoms with Crippen LogP contribution in [0.25, 0.3) is 11.0 Å². The average Bonchev–Trinajstić information content (AvgIpc) is 2.77. The lowest BCUT2D eigenvalue weighted by atomic mass is 10.2. The summed E-state index contributed by atoms with van der Waals surface area (Å²) in [4.78, 5) is 7.69. The van der Waals surface area contributed by atoms with Gasteiger partial charge in [0, 0.05) is 10.7 Å². The Labute approximate surface area is 110 Å². The van der Waals surface area contributed by atoms with Crippen molar-refractivity contribution in [2.45, 2.75) is 6.92 Å². The molecule has 2 N–H and O–H groups in total. The van der Waals surface area contributed by atoms with E-state index in [1.165, 1.54) is 0 Å². The van der Waals surface area contributed by atoms with Crippen LogP contribution in [0.1, 0.15) is 5.56 Å². The van der Waals surface area contributed by atoms with E-state index in [-0.39, 0.29) is 0 Å². The number of aromatic amines is 1. The summed E-state index contributed by atoms with van der Waals surface area (Å²) in [5.41, 5.74) is 3.93. The van der Waals surface area contributed by atoms with Crippen molar-refractivity contribution >= 4 is 34.3 Å². The van der Waals surface area contributed by atoms with Crippen LogP contribution in [0.3, 0.4) is 0 Å². The Kier molecular flexibility index (Phi) is 2.68. The van der Waals surface area contributed by atoms with Gasteiger partial charge in [0.2, 0.25) is 5.95 Å². The zero-order chi connectivity index (χ0) is 12.5. The summed E-state index contributed by atoms with van der Waals surface area (Å²) in [5, 5.41) is 4.00. The number of halogens is 1.